The Morgan fingerprint density at radius 2 is 1.90 bits per heavy atom. The van der Waals surface area contributed by atoms with Crippen molar-refractivity contribution in [3.05, 3.63) is 89.2 Å². The lowest BCUT2D eigenvalue weighted by Gasteiger charge is -2.21. The molecule has 2 aliphatic heterocycles. The minimum Gasteiger partial charge on any atom is -0.399 e. The maximum Gasteiger partial charge on any atom is 0.272 e. The fourth-order valence-electron chi connectivity index (χ4n) is 3.99. The number of anilines is 2. The molecular weight excluding hydrogens is 378 g/mol. The van der Waals surface area contributed by atoms with Crippen molar-refractivity contribution < 1.29 is 9.59 Å². The Hall–Kier alpha value is -4.00. The molecule has 30 heavy (non-hydrogen) atoms. The first kappa shape index (κ1) is 18.1. The maximum absolute atomic E-state index is 13.4. The normalized spacial score (nSPS) is 17.2. The van der Waals surface area contributed by atoms with E-state index in [1.165, 1.54) is 6.20 Å². The lowest BCUT2D eigenvalue weighted by atomic mass is 9.97. The Morgan fingerprint density at radius 1 is 1.10 bits per heavy atom. The summed E-state index contributed by atoms with van der Waals surface area (Å²) in [5.74, 6) is -0.718. The number of nitrogen functional groups attached to an aromatic ring is 1. The Balaban J connectivity index is 1.64. The fraction of sp³-hybridized carbons (Fsp3) is 0.130. The molecule has 2 aromatic carbocycles. The number of aliphatic imine (C=N–C) groups is 1. The molecule has 0 bridgehead atoms. The van der Waals surface area contributed by atoms with Gasteiger partial charge in [0.05, 0.1) is 11.4 Å². The molecule has 3 heterocycles. The van der Waals surface area contributed by atoms with Crippen molar-refractivity contribution in [3.63, 3.8) is 0 Å². The average molecular weight is 397 g/mol. The first-order chi connectivity index (χ1) is 14.6. The smallest absolute Gasteiger partial charge is 0.272 e. The SMILES string of the molecule is Nc1cc2c3c(c1)C(c1ccccc1)=N[C@@H](NC(=O)c1ccccn1)C(=O)N3CC2. The molecule has 0 saturated carbocycles. The van der Waals surface area contributed by atoms with Crippen LogP contribution >= 0.6 is 0 Å². The van der Waals surface area contributed by atoms with Gasteiger partial charge in [-0.25, -0.2) is 4.99 Å². The van der Waals surface area contributed by atoms with Gasteiger partial charge in [0.2, 0.25) is 6.17 Å². The Morgan fingerprint density at radius 3 is 2.67 bits per heavy atom. The highest BCUT2D eigenvalue weighted by Crippen LogP contribution is 2.37. The van der Waals surface area contributed by atoms with Crippen molar-refractivity contribution in [2.45, 2.75) is 12.6 Å². The van der Waals surface area contributed by atoms with Crippen LogP contribution in [0.15, 0.2) is 71.9 Å². The van der Waals surface area contributed by atoms with E-state index in [0.717, 1.165) is 22.4 Å². The fourth-order valence-corrected chi connectivity index (χ4v) is 3.99. The quantitative estimate of drug-likeness (QED) is 0.662. The number of amides is 2. The predicted octanol–water partition coefficient (Wildman–Crippen LogP) is 2.16. The highest BCUT2D eigenvalue weighted by Gasteiger charge is 2.37. The number of carbonyl (C=O) groups excluding carboxylic acids is 2. The van der Waals surface area contributed by atoms with Crippen LogP contribution in [0.5, 0.6) is 0 Å². The summed E-state index contributed by atoms with van der Waals surface area (Å²) in [5.41, 5.74) is 11.1. The molecule has 3 aromatic rings. The number of pyridine rings is 1. The first-order valence-corrected chi connectivity index (χ1v) is 9.71. The molecule has 0 spiro atoms. The van der Waals surface area contributed by atoms with Crippen LogP contribution in [0.1, 0.15) is 27.2 Å². The Bertz CT molecular complexity index is 1170. The monoisotopic (exact) mass is 397 g/mol. The third-order valence-electron chi connectivity index (χ3n) is 5.31. The van der Waals surface area contributed by atoms with Crippen LogP contribution in [-0.4, -0.2) is 35.2 Å². The van der Waals surface area contributed by atoms with Gasteiger partial charge in [-0.15, -0.1) is 0 Å². The van der Waals surface area contributed by atoms with Crippen LogP contribution in [0.25, 0.3) is 0 Å². The summed E-state index contributed by atoms with van der Waals surface area (Å²) < 4.78 is 0. The van der Waals surface area contributed by atoms with Gasteiger partial charge in [0.15, 0.2) is 0 Å². The van der Waals surface area contributed by atoms with Crippen LogP contribution in [0.2, 0.25) is 0 Å². The second kappa shape index (κ2) is 7.11. The number of hydrogen-bond donors (Lipinski definition) is 2. The van der Waals surface area contributed by atoms with Crippen molar-refractivity contribution in [1.82, 2.24) is 10.3 Å². The highest BCUT2D eigenvalue weighted by atomic mass is 16.2. The number of carbonyl (C=O) groups is 2. The third kappa shape index (κ3) is 3.00. The van der Waals surface area contributed by atoms with Crippen LogP contribution in [0.3, 0.4) is 0 Å². The second-order valence-electron chi connectivity index (χ2n) is 7.25. The van der Waals surface area contributed by atoms with E-state index in [1.807, 2.05) is 42.5 Å². The molecule has 1 atom stereocenters. The summed E-state index contributed by atoms with van der Waals surface area (Å²) in [5, 5.41) is 2.75. The van der Waals surface area contributed by atoms with E-state index in [9.17, 15) is 9.59 Å². The van der Waals surface area contributed by atoms with E-state index in [4.69, 9.17) is 10.7 Å². The molecule has 2 aliphatic rings. The van der Waals surface area contributed by atoms with E-state index < -0.39 is 12.1 Å². The van der Waals surface area contributed by atoms with Crippen molar-refractivity contribution in [3.8, 4) is 0 Å². The van der Waals surface area contributed by atoms with Crippen LogP contribution in [0.4, 0.5) is 11.4 Å². The molecule has 0 saturated heterocycles. The third-order valence-corrected chi connectivity index (χ3v) is 5.31. The number of nitrogens with one attached hydrogen (secondary N) is 1. The van der Waals surface area contributed by atoms with Crippen molar-refractivity contribution in [2.75, 3.05) is 17.2 Å². The number of benzene rings is 2. The second-order valence-corrected chi connectivity index (χ2v) is 7.25. The molecule has 2 amide bonds. The van der Waals surface area contributed by atoms with Gasteiger partial charge in [-0.2, -0.15) is 0 Å². The highest BCUT2D eigenvalue weighted by molar-refractivity contribution is 6.21. The molecule has 0 unspecified atom stereocenters. The molecule has 1 aromatic heterocycles. The van der Waals surface area contributed by atoms with Gasteiger partial charge in [0.1, 0.15) is 5.69 Å². The van der Waals surface area contributed by atoms with Crippen LogP contribution < -0.4 is 16.0 Å². The summed E-state index contributed by atoms with van der Waals surface area (Å²) in [6, 6.07) is 18.4. The number of aromatic nitrogens is 1. The van der Waals surface area contributed by atoms with Gasteiger partial charge < -0.3 is 16.0 Å². The van der Waals surface area contributed by atoms with E-state index >= 15 is 0 Å². The maximum atomic E-state index is 13.4. The van der Waals surface area contributed by atoms with Gasteiger partial charge in [0, 0.05) is 29.6 Å². The van der Waals surface area contributed by atoms with E-state index in [-0.39, 0.29) is 11.6 Å². The van der Waals surface area contributed by atoms with Crippen molar-refractivity contribution in [1.29, 1.82) is 0 Å². The molecule has 5 rings (SSSR count). The predicted molar refractivity (Wildman–Crippen MR) is 114 cm³/mol. The summed E-state index contributed by atoms with van der Waals surface area (Å²) in [6.45, 7) is 0.526. The summed E-state index contributed by atoms with van der Waals surface area (Å²) in [6.07, 6.45) is 1.19. The molecule has 0 fully saturated rings. The van der Waals surface area contributed by atoms with E-state index in [0.29, 0.717) is 24.4 Å². The molecule has 148 valence electrons. The molecule has 7 heteroatoms. The molecule has 0 radical (unpaired) electrons. The van der Waals surface area contributed by atoms with Gasteiger partial charge in [0.25, 0.3) is 11.8 Å². The zero-order chi connectivity index (χ0) is 20.7. The first-order valence-electron chi connectivity index (χ1n) is 9.71. The van der Waals surface area contributed by atoms with E-state index in [1.54, 1.807) is 23.1 Å². The minimum absolute atomic E-state index is 0.231. The summed E-state index contributed by atoms with van der Waals surface area (Å²) >= 11 is 0. The van der Waals surface area contributed by atoms with Crippen LogP contribution in [0, 0.1) is 0 Å². The number of nitrogens with zero attached hydrogens (tertiary/aromatic N) is 3. The number of nitrogens with two attached hydrogens (primary N) is 1. The molecule has 3 N–H and O–H groups in total. The summed E-state index contributed by atoms with van der Waals surface area (Å²) in [7, 11) is 0. The Labute approximate surface area is 173 Å². The standard InChI is InChI=1S/C23H19N5O2/c24-16-12-15-9-11-28-20(15)17(13-16)19(14-6-2-1-3-7-14)26-21(23(28)30)27-22(29)18-8-4-5-10-25-18/h1-8,10,12-13,21H,9,11,24H2,(H,27,29)/t21-/m0/s1. The number of rotatable bonds is 3. The lowest BCUT2D eigenvalue weighted by molar-refractivity contribution is -0.120. The van der Waals surface area contributed by atoms with Gasteiger partial charge in [-0.05, 0) is 36.2 Å². The molecule has 7 nitrogen and oxygen atoms in total. The summed E-state index contributed by atoms with van der Waals surface area (Å²) in [4.78, 5) is 36.5. The van der Waals surface area contributed by atoms with Gasteiger partial charge in [-0.1, -0.05) is 36.4 Å². The zero-order valence-electron chi connectivity index (χ0n) is 16.1. The minimum atomic E-state index is -1.06. The van der Waals surface area contributed by atoms with Crippen LogP contribution in [-0.2, 0) is 11.2 Å². The largest absolute Gasteiger partial charge is 0.399 e. The average Bonchev–Trinajstić information content (AvgIpc) is 3.16. The molecular formula is C23H19N5O2. The molecule has 0 aliphatic carbocycles. The van der Waals surface area contributed by atoms with Crippen molar-refractivity contribution >= 4 is 28.9 Å². The number of hydrogen-bond acceptors (Lipinski definition) is 5. The Kier molecular flexibility index (Phi) is 4.28. The lowest BCUT2D eigenvalue weighted by Crippen LogP contribution is -2.47. The topological polar surface area (TPSA) is 101 Å². The van der Waals surface area contributed by atoms with E-state index in [2.05, 4.69) is 10.3 Å². The van der Waals surface area contributed by atoms with Gasteiger partial charge >= 0.3 is 0 Å². The van der Waals surface area contributed by atoms with Crippen molar-refractivity contribution in [2.24, 2.45) is 4.99 Å². The van der Waals surface area contributed by atoms with Gasteiger partial charge in [-0.3, -0.25) is 14.6 Å². The zero-order valence-corrected chi connectivity index (χ0v) is 16.1.